The molecule has 1 aromatic rings. The van der Waals surface area contributed by atoms with E-state index in [1.54, 1.807) is 31.4 Å². The molecule has 0 bridgehead atoms. The van der Waals surface area contributed by atoms with Crippen molar-refractivity contribution in [3.8, 4) is 11.5 Å². The van der Waals surface area contributed by atoms with E-state index in [9.17, 15) is 14.7 Å². The summed E-state index contributed by atoms with van der Waals surface area (Å²) in [6.45, 7) is 1.40. The van der Waals surface area contributed by atoms with Crippen LogP contribution in [0.4, 0.5) is 0 Å². The summed E-state index contributed by atoms with van der Waals surface area (Å²) in [6.07, 6.45) is -1.18. The Kier molecular flexibility index (Phi) is 6.48. The number of carbonyl (C=O) groups excluding carboxylic acids is 1. The summed E-state index contributed by atoms with van der Waals surface area (Å²) in [4.78, 5) is 22.4. The second kappa shape index (κ2) is 8.11. The van der Waals surface area contributed by atoms with Gasteiger partial charge in [0.1, 0.15) is 11.5 Å². The number of aliphatic carboxylic acids is 1. The molecule has 1 rings (SSSR count). The third kappa shape index (κ3) is 5.70. The molecule has 0 aliphatic rings. The molecule has 7 nitrogen and oxygen atoms in total. The highest BCUT2D eigenvalue weighted by Gasteiger charge is 2.24. The van der Waals surface area contributed by atoms with Crippen molar-refractivity contribution in [3.05, 3.63) is 24.3 Å². The Labute approximate surface area is 122 Å². The van der Waals surface area contributed by atoms with Crippen molar-refractivity contribution in [3.63, 3.8) is 0 Å². The predicted octanol–water partition coefficient (Wildman–Crippen LogP) is 0.414. The highest BCUT2D eigenvalue weighted by Crippen LogP contribution is 2.16. The van der Waals surface area contributed by atoms with Crippen LogP contribution in [0.1, 0.15) is 13.3 Å². The zero-order valence-electron chi connectivity index (χ0n) is 11.9. The number of hydrogen-bond acceptors (Lipinski definition) is 5. The molecule has 2 unspecified atom stereocenters. The van der Waals surface area contributed by atoms with E-state index in [-0.39, 0.29) is 13.0 Å². The van der Waals surface area contributed by atoms with E-state index in [2.05, 4.69) is 5.32 Å². The first-order valence-electron chi connectivity index (χ1n) is 6.41. The summed E-state index contributed by atoms with van der Waals surface area (Å²) in [5.74, 6) is -0.513. The number of rotatable bonds is 8. The van der Waals surface area contributed by atoms with Gasteiger partial charge in [-0.15, -0.1) is 0 Å². The average molecular weight is 297 g/mol. The molecule has 1 aromatic carbocycles. The van der Waals surface area contributed by atoms with Gasteiger partial charge >= 0.3 is 5.97 Å². The molecule has 21 heavy (non-hydrogen) atoms. The molecular weight excluding hydrogens is 278 g/mol. The van der Waals surface area contributed by atoms with Gasteiger partial charge in [0.2, 0.25) is 5.91 Å². The van der Waals surface area contributed by atoms with Gasteiger partial charge in [-0.05, 0) is 31.2 Å². The van der Waals surface area contributed by atoms with Crippen molar-refractivity contribution in [1.29, 1.82) is 0 Å². The lowest BCUT2D eigenvalue weighted by Gasteiger charge is -2.17. The monoisotopic (exact) mass is 297 g/mol. The van der Waals surface area contributed by atoms with Crippen LogP contribution in [0.15, 0.2) is 24.3 Å². The number of nitrogens with one attached hydrogen (secondary N) is 1. The first kappa shape index (κ1) is 16.8. The Balaban J connectivity index is 2.37. The Bertz CT molecular complexity index is 471. The van der Waals surface area contributed by atoms with Crippen LogP contribution in [-0.2, 0) is 9.59 Å². The van der Waals surface area contributed by atoms with Crippen molar-refractivity contribution in [2.75, 3.05) is 13.7 Å². The molecule has 7 heteroatoms. The fourth-order valence-electron chi connectivity index (χ4n) is 1.57. The molecule has 0 aliphatic heterocycles. The molecule has 116 valence electrons. The Morgan fingerprint density at radius 1 is 1.24 bits per heavy atom. The SMILES string of the molecule is COc1ccc(OCCC(=O)NC(C(=O)O)C(C)O)cc1. The third-order valence-electron chi connectivity index (χ3n) is 2.72. The number of amides is 1. The van der Waals surface area contributed by atoms with Gasteiger partial charge in [0.15, 0.2) is 6.04 Å². The van der Waals surface area contributed by atoms with Crippen molar-refractivity contribution in [2.24, 2.45) is 0 Å². The molecule has 2 atom stereocenters. The van der Waals surface area contributed by atoms with Gasteiger partial charge in [0.25, 0.3) is 0 Å². The number of aliphatic hydroxyl groups is 1. The number of ether oxygens (including phenoxy) is 2. The molecule has 0 heterocycles. The van der Waals surface area contributed by atoms with E-state index in [0.717, 1.165) is 0 Å². The summed E-state index contributed by atoms with van der Waals surface area (Å²) >= 11 is 0. The van der Waals surface area contributed by atoms with Gasteiger partial charge in [0, 0.05) is 0 Å². The highest BCUT2D eigenvalue weighted by atomic mass is 16.5. The molecular formula is C14H19NO6. The van der Waals surface area contributed by atoms with Crippen LogP contribution in [0.5, 0.6) is 11.5 Å². The summed E-state index contributed by atoms with van der Waals surface area (Å²) in [5.41, 5.74) is 0. The van der Waals surface area contributed by atoms with E-state index in [1.165, 1.54) is 6.92 Å². The molecule has 0 radical (unpaired) electrons. The highest BCUT2D eigenvalue weighted by molar-refractivity contribution is 5.83. The maximum Gasteiger partial charge on any atom is 0.328 e. The lowest BCUT2D eigenvalue weighted by molar-refractivity contribution is -0.144. The van der Waals surface area contributed by atoms with Gasteiger partial charge in [-0.1, -0.05) is 0 Å². The van der Waals surface area contributed by atoms with Crippen LogP contribution in [0.25, 0.3) is 0 Å². The second-order valence-electron chi connectivity index (χ2n) is 4.40. The zero-order chi connectivity index (χ0) is 15.8. The molecule has 0 fully saturated rings. The smallest absolute Gasteiger partial charge is 0.328 e. The van der Waals surface area contributed by atoms with Gasteiger partial charge in [-0.2, -0.15) is 0 Å². The summed E-state index contributed by atoms with van der Waals surface area (Å²) < 4.78 is 10.4. The van der Waals surface area contributed by atoms with Gasteiger partial charge in [-0.3, -0.25) is 4.79 Å². The van der Waals surface area contributed by atoms with Gasteiger partial charge in [0.05, 0.1) is 26.2 Å². The standard InChI is InChI=1S/C14H19NO6/c1-9(16)13(14(18)19)15-12(17)7-8-21-11-5-3-10(20-2)4-6-11/h3-6,9,13,16H,7-8H2,1-2H3,(H,15,17)(H,18,19). The number of hydrogen-bond donors (Lipinski definition) is 3. The van der Waals surface area contributed by atoms with Crippen LogP contribution in [0.2, 0.25) is 0 Å². The molecule has 0 aliphatic carbocycles. The molecule has 0 saturated carbocycles. The minimum atomic E-state index is -1.32. The third-order valence-corrected chi connectivity index (χ3v) is 2.72. The van der Waals surface area contributed by atoms with E-state index in [0.29, 0.717) is 11.5 Å². The fourth-order valence-corrected chi connectivity index (χ4v) is 1.57. The lowest BCUT2D eigenvalue weighted by atomic mass is 10.2. The number of carboxylic acids is 1. The van der Waals surface area contributed by atoms with Crippen LogP contribution < -0.4 is 14.8 Å². The van der Waals surface area contributed by atoms with Gasteiger partial charge in [-0.25, -0.2) is 4.79 Å². The quantitative estimate of drug-likeness (QED) is 0.642. The Morgan fingerprint density at radius 2 is 1.81 bits per heavy atom. The van der Waals surface area contributed by atoms with Crippen LogP contribution in [-0.4, -0.2) is 48.0 Å². The van der Waals surface area contributed by atoms with Crippen LogP contribution in [0, 0.1) is 0 Å². The predicted molar refractivity (Wildman–Crippen MR) is 74.4 cm³/mol. The molecule has 3 N–H and O–H groups in total. The van der Waals surface area contributed by atoms with E-state index in [4.69, 9.17) is 14.6 Å². The number of aliphatic hydroxyl groups excluding tert-OH is 1. The first-order valence-corrected chi connectivity index (χ1v) is 6.41. The topological polar surface area (TPSA) is 105 Å². The van der Waals surface area contributed by atoms with E-state index in [1.807, 2.05) is 0 Å². The maximum atomic E-state index is 11.6. The lowest BCUT2D eigenvalue weighted by Crippen LogP contribution is -2.47. The summed E-state index contributed by atoms with van der Waals surface area (Å²) in [6, 6.07) is 5.53. The normalized spacial score (nSPS) is 13.1. The van der Waals surface area contributed by atoms with Crippen molar-refractivity contribution >= 4 is 11.9 Å². The average Bonchev–Trinajstić information content (AvgIpc) is 2.45. The number of carboxylic acid groups (broad SMARTS) is 1. The maximum absolute atomic E-state index is 11.6. The largest absolute Gasteiger partial charge is 0.497 e. The summed E-state index contributed by atoms with van der Waals surface area (Å²) in [7, 11) is 1.56. The molecule has 1 amide bonds. The van der Waals surface area contributed by atoms with Crippen LogP contribution >= 0.6 is 0 Å². The second-order valence-corrected chi connectivity index (χ2v) is 4.40. The molecule has 0 spiro atoms. The minimum Gasteiger partial charge on any atom is -0.497 e. The van der Waals surface area contributed by atoms with Gasteiger partial charge < -0.3 is 25.0 Å². The minimum absolute atomic E-state index is 0.0114. The molecule has 0 saturated heterocycles. The van der Waals surface area contributed by atoms with Crippen molar-refractivity contribution < 1.29 is 29.3 Å². The van der Waals surface area contributed by atoms with Crippen LogP contribution in [0.3, 0.4) is 0 Å². The van der Waals surface area contributed by atoms with Crippen molar-refractivity contribution in [1.82, 2.24) is 5.32 Å². The Morgan fingerprint density at radius 3 is 2.29 bits per heavy atom. The van der Waals surface area contributed by atoms with Crippen molar-refractivity contribution in [2.45, 2.75) is 25.5 Å². The number of benzene rings is 1. The zero-order valence-corrected chi connectivity index (χ0v) is 11.9. The molecule has 0 aromatic heterocycles. The Hall–Kier alpha value is -2.28. The fraction of sp³-hybridized carbons (Fsp3) is 0.429. The number of methoxy groups -OCH3 is 1. The first-order chi connectivity index (χ1) is 9.93. The summed E-state index contributed by atoms with van der Waals surface area (Å²) in [5, 5.41) is 20.3. The van der Waals surface area contributed by atoms with E-state index < -0.39 is 24.0 Å². The number of carbonyl (C=O) groups is 2. The van der Waals surface area contributed by atoms with E-state index >= 15 is 0 Å².